The van der Waals surface area contributed by atoms with E-state index in [9.17, 15) is 9.59 Å². The average Bonchev–Trinajstić information content (AvgIpc) is 3.22. The lowest BCUT2D eigenvalue weighted by molar-refractivity contribution is -0.154. The van der Waals surface area contributed by atoms with Gasteiger partial charge in [-0.2, -0.15) is 0 Å². The van der Waals surface area contributed by atoms with E-state index in [-0.39, 0.29) is 18.2 Å². The summed E-state index contributed by atoms with van der Waals surface area (Å²) in [5, 5.41) is 3.27. The van der Waals surface area contributed by atoms with Crippen LogP contribution in [0.5, 0.6) is 0 Å². The molecule has 0 saturated heterocycles. The first-order valence-electron chi connectivity index (χ1n) is 10.3. The van der Waals surface area contributed by atoms with Crippen LogP contribution in [0.25, 0.3) is 0 Å². The normalized spacial score (nSPS) is 16.3. The Morgan fingerprint density at radius 3 is 2.84 bits per heavy atom. The molecule has 4 heterocycles. The Balaban J connectivity index is 1.55. The molecule has 0 aliphatic carbocycles. The number of pyridine rings is 2. The summed E-state index contributed by atoms with van der Waals surface area (Å²) in [6.07, 6.45) is 5.44. The van der Waals surface area contributed by atoms with Gasteiger partial charge in [0.05, 0.1) is 18.5 Å². The molecular weight excluding hydrogens is 394 g/mol. The molecular formula is C23H25N5O3. The number of carbonyl (C=O) groups excluding carboxylic acids is 2. The molecule has 2 aliphatic rings. The number of ketones is 1. The van der Waals surface area contributed by atoms with Gasteiger partial charge in [-0.05, 0) is 45.0 Å². The maximum atomic E-state index is 12.7. The molecule has 0 fully saturated rings. The predicted octanol–water partition coefficient (Wildman–Crippen LogP) is 2.96. The fraction of sp³-hybridized carbons (Fsp3) is 0.348. The fourth-order valence-electron chi connectivity index (χ4n) is 3.47. The SMILES string of the molecule is CC(C)(C)OC(=O)CCc1ccc2c(n1)NC(=CC(=O)c1cccnc1)N1CCN=C21. The minimum Gasteiger partial charge on any atom is -0.460 e. The van der Waals surface area contributed by atoms with Gasteiger partial charge >= 0.3 is 5.97 Å². The van der Waals surface area contributed by atoms with Crippen molar-refractivity contribution in [3.63, 3.8) is 0 Å². The van der Waals surface area contributed by atoms with Crippen LogP contribution in [0.3, 0.4) is 0 Å². The highest BCUT2D eigenvalue weighted by molar-refractivity contribution is 6.09. The molecule has 0 spiro atoms. The first-order chi connectivity index (χ1) is 14.8. The molecule has 8 nitrogen and oxygen atoms in total. The summed E-state index contributed by atoms with van der Waals surface area (Å²) in [6, 6.07) is 7.32. The van der Waals surface area contributed by atoms with Crippen LogP contribution in [-0.4, -0.2) is 51.1 Å². The van der Waals surface area contributed by atoms with Crippen LogP contribution in [-0.2, 0) is 16.0 Å². The van der Waals surface area contributed by atoms with E-state index < -0.39 is 5.60 Å². The first-order valence-corrected chi connectivity index (χ1v) is 10.3. The van der Waals surface area contributed by atoms with Gasteiger partial charge in [-0.1, -0.05) is 0 Å². The highest BCUT2D eigenvalue weighted by Gasteiger charge is 2.31. The van der Waals surface area contributed by atoms with E-state index in [1.54, 1.807) is 30.6 Å². The lowest BCUT2D eigenvalue weighted by Gasteiger charge is -2.30. The highest BCUT2D eigenvalue weighted by atomic mass is 16.6. The molecule has 2 aromatic rings. The van der Waals surface area contributed by atoms with Gasteiger partial charge in [0.2, 0.25) is 0 Å². The minimum atomic E-state index is -0.507. The van der Waals surface area contributed by atoms with Crippen LogP contribution >= 0.6 is 0 Å². The lowest BCUT2D eigenvalue weighted by atomic mass is 10.1. The average molecular weight is 419 g/mol. The zero-order valence-electron chi connectivity index (χ0n) is 17.9. The molecule has 160 valence electrons. The van der Waals surface area contributed by atoms with Gasteiger partial charge in [0.25, 0.3) is 0 Å². The quantitative estimate of drug-likeness (QED) is 0.452. The van der Waals surface area contributed by atoms with E-state index in [0.29, 0.717) is 36.7 Å². The number of aromatic nitrogens is 2. The number of nitrogens with one attached hydrogen (secondary N) is 1. The van der Waals surface area contributed by atoms with Crippen LogP contribution in [0, 0.1) is 0 Å². The summed E-state index contributed by atoms with van der Waals surface area (Å²) in [5.41, 5.74) is 1.65. The lowest BCUT2D eigenvalue weighted by Crippen LogP contribution is -2.37. The number of aliphatic imine (C=N–C) groups is 1. The summed E-state index contributed by atoms with van der Waals surface area (Å²) in [4.78, 5) is 40.0. The smallest absolute Gasteiger partial charge is 0.306 e. The van der Waals surface area contributed by atoms with Gasteiger partial charge in [-0.25, -0.2) is 4.98 Å². The molecule has 4 rings (SSSR count). The third-order valence-corrected chi connectivity index (χ3v) is 4.79. The van der Waals surface area contributed by atoms with E-state index in [2.05, 4.69) is 20.3 Å². The molecule has 0 unspecified atom stereocenters. The van der Waals surface area contributed by atoms with Gasteiger partial charge < -0.3 is 15.0 Å². The first kappa shape index (κ1) is 20.7. The van der Waals surface area contributed by atoms with Gasteiger partial charge in [0, 0.05) is 42.7 Å². The summed E-state index contributed by atoms with van der Waals surface area (Å²) < 4.78 is 5.37. The Morgan fingerprint density at radius 1 is 1.26 bits per heavy atom. The number of esters is 1. The number of aryl methyl sites for hydroxylation is 1. The summed E-state index contributed by atoms with van der Waals surface area (Å²) in [7, 11) is 0. The second kappa shape index (κ2) is 8.29. The molecule has 1 N–H and O–H groups in total. The van der Waals surface area contributed by atoms with E-state index in [1.165, 1.54) is 0 Å². The van der Waals surface area contributed by atoms with Crippen LogP contribution < -0.4 is 5.32 Å². The van der Waals surface area contributed by atoms with Gasteiger partial charge in [0.15, 0.2) is 5.78 Å². The van der Waals surface area contributed by atoms with Crippen molar-refractivity contribution >= 4 is 23.4 Å². The zero-order valence-corrected chi connectivity index (χ0v) is 17.9. The molecule has 0 amide bonds. The van der Waals surface area contributed by atoms with Crippen molar-refractivity contribution in [3.05, 3.63) is 65.4 Å². The summed E-state index contributed by atoms with van der Waals surface area (Å²) in [5.74, 6) is 1.66. The maximum Gasteiger partial charge on any atom is 0.306 e. The third-order valence-electron chi connectivity index (χ3n) is 4.79. The Kier molecular flexibility index (Phi) is 5.54. The standard InChI is InChI=1S/C23H25N5O3/c1-23(2,3)31-20(30)9-7-16-6-8-17-21(26-16)27-19(28-12-11-25-22(17)28)13-18(29)15-5-4-10-24-14-15/h4-6,8,10,13-14H,7,9,11-12H2,1-3H3,(H,26,27). The van der Waals surface area contributed by atoms with Crippen LogP contribution in [0.1, 0.15) is 48.8 Å². The number of allylic oxidation sites excluding steroid dienone is 1. The third kappa shape index (κ3) is 4.79. The molecule has 0 bridgehead atoms. The Morgan fingerprint density at radius 2 is 2.10 bits per heavy atom. The molecule has 2 aliphatic heterocycles. The van der Waals surface area contributed by atoms with Crippen molar-refractivity contribution in [1.82, 2.24) is 14.9 Å². The van der Waals surface area contributed by atoms with Crippen molar-refractivity contribution in [2.45, 2.75) is 39.2 Å². The topological polar surface area (TPSA) is 96.8 Å². The Labute approximate surface area is 181 Å². The molecule has 0 saturated carbocycles. The number of ether oxygens (including phenoxy) is 1. The number of amidine groups is 1. The minimum absolute atomic E-state index is 0.147. The Hall–Kier alpha value is -3.55. The van der Waals surface area contributed by atoms with Gasteiger partial charge in [-0.3, -0.25) is 19.6 Å². The van der Waals surface area contributed by atoms with Crippen molar-refractivity contribution in [1.29, 1.82) is 0 Å². The van der Waals surface area contributed by atoms with Crippen molar-refractivity contribution in [3.8, 4) is 0 Å². The van der Waals surface area contributed by atoms with Crippen LogP contribution in [0.15, 0.2) is 53.5 Å². The molecule has 0 radical (unpaired) electrons. The summed E-state index contributed by atoms with van der Waals surface area (Å²) >= 11 is 0. The van der Waals surface area contributed by atoms with E-state index in [4.69, 9.17) is 4.74 Å². The highest BCUT2D eigenvalue weighted by Crippen LogP contribution is 2.29. The number of carbonyl (C=O) groups is 2. The number of rotatable bonds is 5. The van der Waals surface area contributed by atoms with E-state index in [1.807, 2.05) is 37.8 Å². The zero-order chi connectivity index (χ0) is 22.0. The predicted molar refractivity (Wildman–Crippen MR) is 117 cm³/mol. The number of fused-ring (bicyclic) bond motifs is 3. The number of hydrogen-bond acceptors (Lipinski definition) is 8. The molecule has 2 aromatic heterocycles. The van der Waals surface area contributed by atoms with Crippen molar-refractivity contribution in [2.75, 3.05) is 18.4 Å². The van der Waals surface area contributed by atoms with E-state index in [0.717, 1.165) is 17.1 Å². The molecule has 8 heteroatoms. The maximum absolute atomic E-state index is 12.7. The second-order valence-corrected chi connectivity index (χ2v) is 8.40. The number of nitrogens with zero attached hydrogens (tertiary/aromatic N) is 4. The fourth-order valence-corrected chi connectivity index (χ4v) is 3.47. The molecule has 31 heavy (non-hydrogen) atoms. The monoisotopic (exact) mass is 419 g/mol. The molecule has 0 atom stereocenters. The number of hydrogen-bond donors (Lipinski definition) is 1. The second-order valence-electron chi connectivity index (χ2n) is 8.40. The summed E-state index contributed by atoms with van der Waals surface area (Å²) in [6.45, 7) is 6.88. The van der Waals surface area contributed by atoms with Crippen molar-refractivity contribution < 1.29 is 14.3 Å². The largest absolute Gasteiger partial charge is 0.460 e. The molecule has 0 aromatic carbocycles. The van der Waals surface area contributed by atoms with E-state index >= 15 is 0 Å². The Bertz CT molecular complexity index is 1070. The van der Waals surface area contributed by atoms with Gasteiger partial charge in [-0.15, -0.1) is 0 Å². The van der Waals surface area contributed by atoms with Crippen LogP contribution in [0.4, 0.5) is 5.82 Å². The van der Waals surface area contributed by atoms with Gasteiger partial charge in [0.1, 0.15) is 23.1 Å². The van der Waals surface area contributed by atoms with Crippen molar-refractivity contribution in [2.24, 2.45) is 4.99 Å². The van der Waals surface area contributed by atoms with Crippen LogP contribution in [0.2, 0.25) is 0 Å². The number of anilines is 1.